The number of aliphatic hydroxyl groups is 1. The summed E-state index contributed by atoms with van der Waals surface area (Å²) in [5.74, 6) is 2.96. The number of hydrogen-bond donors (Lipinski definition) is 2. The molecule has 1 aromatic heterocycles. The zero-order valence-corrected chi connectivity index (χ0v) is 16.3. The van der Waals surface area contributed by atoms with Crippen molar-refractivity contribution >= 4 is 16.7 Å². The summed E-state index contributed by atoms with van der Waals surface area (Å²) >= 11 is 0. The van der Waals surface area contributed by atoms with E-state index in [1.807, 2.05) is 12.1 Å². The second kappa shape index (κ2) is 7.76. The first-order valence-electron chi connectivity index (χ1n) is 10.6. The lowest BCUT2D eigenvalue weighted by molar-refractivity contribution is 0.174. The minimum atomic E-state index is 0.248. The monoisotopic (exact) mass is 383 g/mol. The van der Waals surface area contributed by atoms with Gasteiger partial charge in [0.05, 0.1) is 5.52 Å². The molecule has 5 rings (SSSR count). The fraction of sp³-hybridized carbons (Fsp3) is 0.591. The molecule has 1 saturated carbocycles. The third kappa shape index (κ3) is 3.51. The van der Waals surface area contributed by atoms with E-state index in [-0.39, 0.29) is 13.4 Å². The smallest absolute Gasteiger partial charge is 0.231 e. The molecule has 1 atom stereocenters. The Kier molecular flexibility index (Phi) is 4.99. The summed E-state index contributed by atoms with van der Waals surface area (Å²) in [5, 5.41) is 14.5. The lowest BCUT2D eigenvalue weighted by atomic mass is 9.98. The Balaban J connectivity index is 1.50. The van der Waals surface area contributed by atoms with Crippen molar-refractivity contribution in [3.63, 3.8) is 0 Å². The van der Waals surface area contributed by atoms with Gasteiger partial charge in [0, 0.05) is 49.3 Å². The molecule has 6 nitrogen and oxygen atoms in total. The molecule has 1 saturated heterocycles. The number of nitrogens with one attached hydrogen (secondary N) is 1. The van der Waals surface area contributed by atoms with E-state index in [1.54, 1.807) is 0 Å². The number of piperidine rings is 1. The van der Waals surface area contributed by atoms with Crippen LogP contribution in [0.4, 0.5) is 5.82 Å². The quantitative estimate of drug-likeness (QED) is 0.827. The number of rotatable bonds is 5. The highest BCUT2D eigenvalue weighted by molar-refractivity contribution is 5.85. The van der Waals surface area contributed by atoms with Crippen molar-refractivity contribution in [3.8, 4) is 11.5 Å². The Labute approximate surface area is 165 Å². The molecule has 2 fully saturated rings. The third-order valence-electron chi connectivity index (χ3n) is 6.38. The van der Waals surface area contributed by atoms with E-state index in [9.17, 15) is 5.11 Å². The van der Waals surface area contributed by atoms with Crippen LogP contribution in [0.25, 0.3) is 10.9 Å². The highest BCUT2D eigenvalue weighted by Crippen LogP contribution is 2.37. The van der Waals surface area contributed by atoms with Crippen LogP contribution >= 0.6 is 0 Å². The second-order valence-electron chi connectivity index (χ2n) is 8.37. The minimum absolute atomic E-state index is 0.248. The molecule has 1 unspecified atom stereocenters. The summed E-state index contributed by atoms with van der Waals surface area (Å²) in [6.45, 7) is 3.22. The lowest BCUT2D eigenvalue weighted by Crippen LogP contribution is -2.38. The largest absolute Gasteiger partial charge is 0.454 e. The Morgan fingerprint density at radius 2 is 1.89 bits per heavy atom. The van der Waals surface area contributed by atoms with E-state index in [2.05, 4.69) is 16.3 Å². The predicted molar refractivity (Wildman–Crippen MR) is 109 cm³/mol. The van der Waals surface area contributed by atoms with Crippen LogP contribution < -0.4 is 19.7 Å². The van der Waals surface area contributed by atoms with Crippen LogP contribution in [0.2, 0.25) is 0 Å². The van der Waals surface area contributed by atoms with Gasteiger partial charge in [-0.25, -0.2) is 4.98 Å². The average molecular weight is 383 g/mol. The number of ether oxygens (including phenoxy) is 2. The second-order valence-corrected chi connectivity index (χ2v) is 8.37. The average Bonchev–Trinajstić information content (AvgIpc) is 3.41. The van der Waals surface area contributed by atoms with Crippen LogP contribution in [0, 0.1) is 5.92 Å². The van der Waals surface area contributed by atoms with Crippen LogP contribution in [0.1, 0.15) is 44.1 Å². The Morgan fingerprint density at radius 3 is 2.71 bits per heavy atom. The summed E-state index contributed by atoms with van der Waals surface area (Å²) in [6, 6.07) is 6.90. The van der Waals surface area contributed by atoms with Crippen LogP contribution in [0.3, 0.4) is 0 Å². The number of nitrogens with zero attached hydrogens (tertiary/aromatic N) is 2. The number of aromatic nitrogens is 1. The highest BCUT2D eigenvalue weighted by atomic mass is 16.7. The maximum Gasteiger partial charge on any atom is 0.231 e. The van der Waals surface area contributed by atoms with Crippen molar-refractivity contribution < 1.29 is 14.6 Å². The van der Waals surface area contributed by atoms with Gasteiger partial charge in [-0.3, -0.25) is 0 Å². The summed E-state index contributed by atoms with van der Waals surface area (Å²) in [5.41, 5.74) is 2.17. The molecule has 3 aliphatic rings. The van der Waals surface area contributed by atoms with Gasteiger partial charge in [0.15, 0.2) is 11.5 Å². The molecule has 3 heterocycles. The summed E-state index contributed by atoms with van der Waals surface area (Å²) < 4.78 is 11.1. The van der Waals surface area contributed by atoms with Crippen LogP contribution in [-0.2, 0) is 6.54 Å². The van der Waals surface area contributed by atoms with Crippen LogP contribution in [0.15, 0.2) is 18.2 Å². The molecular formula is C22H29N3O3. The van der Waals surface area contributed by atoms with E-state index < -0.39 is 0 Å². The molecule has 0 radical (unpaired) electrons. The van der Waals surface area contributed by atoms with E-state index in [4.69, 9.17) is 14.5 Å². The van der Waals surface area contributed by atoms with Crippen molar-refractivity contribution in [2.75, 3.05) is 31.4 Å². The number of fused-ring (bicyclic) bond motifs is 2. The van der Waals surface area contributed by atoms with Crippen molar-refractivity contribution in [3.05, 3.63) is 23.8 Å². The van der Waals surface area contributed by atoms with Gasteiger partial charge in [-0.2, -0.15) is 0 Å². The van der Waals surface area contributed by atoms with Gasteiger partial charge in [-0.15, -0.1) is 0 Å². The van der Waals surface area contributed by atoms with E-state index in [0.717, 1.165) is 60.7 Å². The molecule has 2 aliphatic heterocycles. The van der Waals surface area contributed by atoms with Crippen molar-refractivity contribution in [2.45, 2.75) is 51.1 Å². The van der Waals surface area contributed by atoms with Gasteiger partial charge in [-0.05, 0) is 43.7 Å². The fourth-order valence-corrected chi connectivity index (χ4v) is 4.79. The van der Waals surface area contributed by atoms with Gasteiger partial charge < -0.3 is 24.8 Å². The summed E-state index contributed by atoms with van der Waals surface area (Å²) in [7, 11) is 0. The molecule has 6 heteroatoms. The van der Waals surface area contributed by atoms with Gasteiger partial charge in [0.25, 0.3) is 0 Å². The van der Waals surface area contributed by atoms with Gasteiger partial charge in [-0.1, -0.05) is 12.8 Å². The van der Waals surface area contributed by atoms with E-state index in [1.165, 1.54) is 31.2 Å². The van der Waals surface area contributed by atoms with Crippen LogP contribution in [-0.4, -0.2) is 42.6 Å². The zero-order valence-electron chi connectivity index (χ0n) is 16.3. The number of anilines is 1. The molecule has 150 valence electrons. The first kappa shape index (κ1) is 18.0. The van der Waals surface area contributed by atoms with Crippen molar-refractivity contribution in [1.82, 2.24) is 10.3 Å². The molecule has 1 aliphatic carbocycles. The maximum absolute atomic E-state index is 9.66. The fourth-order valence-electron chi connectivity index (χ4n) is 4.79. The molecule has 2 N–H and O–H groups in total. The minimum Gasteiger partial charge on any atom is -0.454 e. The Morgan fingerprint density at radius 1 is 1.07 bits per heavy atom. The van der Waals surface area contributed by atoms with Crippen molar-refractivity contribution in [2.24, 2.45) is 5.92 Å². The van der Waals surface area contributed by atoms with E-state index >= 15 is 0 Å². The van der Waals surface area contributed by atoms with Gasteiger partial charge in [0.2, 0.25) is 6.79 Å². The number of benzene rings is 1. The Bertz CT molecular complexity index is 851. The first-order chi connectivity index (χ1) is 13.8. The molecule has 1 aromatic carbocycles. The maximum atomic E-state index is 9.66. The molecule has 28 heavy (non-hydrogen) atoms. The van der Waals surface area contributed by atoms with Crippen molar-refractivity contribution in [1.29, 1.82) is 0 Å². The van der Waals surface area contributed by atoms with Gasteiger partial charge >= 0.3 is 0 Å². The van der Waals surface area contributed by atoms with Gasteiger partial charge in [0.1, 0.15) is 5.82 Å². The first-order valence-corrected chi connectivity index (χ1v) is 10.6. The highest BCUT2D eigenvalue weighted by Gasteiger charge is 2.24. The van der Waals surface area contributed by atoms with E-state index in [0.29, 0.717) is 12.0 Å². The lowest BCUT2D eigenvalue weighted by Gasteiger charge is -2.34. The number of hydrogen-bond acceptors (Lipinski definition) is 6. The summed E-state index contributed by atoms with van der Waals surface area (Å²) in [6.07, 6.45) is 7.38. The zero-order chi connectivity index (χ0) is 18.9. The molecule has 0 amide bonds. The number of aliphatic hydroxyl groups excluding tert-OH is 1. The standard InChI is InChI=1S/C22H29N3O3/c26-13-15-4-3-7-25(12-15)22-17(11-23-18-5-1-2-6-18)8-16-9-20-21(28-14-27-20)10-19(16)24-22/h8-10,15,18,23,26H,1-7,11-14H2. The number of pyridine rings is 1. The Hall–Kier alpha value is -2.05. The molecule has 0 spiro atoms. The van der Waals surface area contributed by atoms with Crippen LogP contribution in [0.5, 0.6) is 11.5 Å². The summed E-state index contributed by atoms with van der Waals surface area (Å²) in [4.78, 5) is 7.42. The molecule has 2 aromatic rings. The SMILES string of the molecule is OCC1CCCN(c2nc3cc4c(cc3cc2CNC2CCCC2)OCO4)C1. The molecule has 0 bridgehead atoms. The topological polar surface area (TPSA) is 66.9 Å². The third-order valence-corrected chi connectivity index (χ3v) is 6.38. The molecular weight excluding hydrogens is 354 g/mol. The predicted octanol–water partition coefficient (Wildman–Crippen LogP) is 3.20. The normalized spacial score (nSPS) is 22.3.